The average molecular weight is 355 g/mol. The van der Waals surface area contributed by atoms with Crippen molar-refractivity contribution in [2.45, 2.75) is 77.8 Å². The van der Waals surface area contributed by atoms with E-state index in [0.717, 1.165) is 11.1 Å². The van der Waals surface area contributed by atoms with Crippen molar-refractivity contribution in [1.29, 1.82) is 0 Å². The molecule has 0 aliphatic carbocycles. The lowest BCUT2D eigenvalue weighted by molar-refractivity contribution is 1.20. The van der Waals surface area contributed by atoms with Crippen LogP contribution in [0.4, 0.5) is 0 Å². The first-order valence-electron chi connectivity index (χ1n) is 9.69. The van der Waals surface area contributed by atoms with Crippen molar-refractivity contribution < 1.29 is 0 Å². The summed E-state index contributed by atoms with van der Waals surface area (Å²) in [5.41, 5.74) is 9.60. The first-order chi connectivity index (χ1) is 11.5. The van der Waals surface area contributed by atoms with Gasteiger partial charge in [0.15, 0.2) is 0 Å². The normalized spacial score (nSPS) is 11.2. The predicted octanol–water partition coefficient (Wildman–Crippen LogP) is 6.49. The van der Waals surface area contributed by atoms with Gasteiger partial charge in [-0.1, -0.05) is 53.4 Å². The summed E-state index contributed by atoms with van der Waals surface area (Å²) in [6.07, 6.45) is 0. The van der Waals surface area contributed by atoms with Gasteiger partial charge in [0.1, 0.15) is 16.1 Å². The molecule has 0 aromatic heterocycles. The van der Waals surface area contributed by atoms with Crippen molar-refractivity contribution in [3.63, 3.8) is 0 Å². The van der Waals surface area contributed by atoms with Crippen LogP contribution in [0.25, 0.3) is 0 Å². The number of rotatable bonds is 6. The molecule has 0 saturated carbocycles. The molecular weight excluding hydrogens is 320 g/mol. The highest BCUT2D eigenvalue weighted by Gasteiger charge is 2.24. The van der Waals surface area contributed by atoms with Gasteiger partial charge in [-0.2, -0.15) is 0 Å². The molecule has 1 aromatic rings. The van der Waals surface area contributed by atoms with Gasteiger partial charge in [-0.25, -0.2) is 0 Å². The van der Waals surface area contributed by atoms with Gasteiger partial charge in [-0.05, 0) is 60.5 Å². The van der Waals surface area contributed by atoms with Crippen molar-refractivity contribution in [1.82, 2.24) is 0 Å². The molecule has 0 radical (unpaired) electrons. The van der Waals surface area contributed by atoms with Crippen molar-refractivity contribution in [3.8, 4) is 22.9 Å². The SMILES string of the molecule is CC[Si](C#Cc1ccc(C#C[Si](CC)(CC)CC)cc1)(CC)CC. The van der Waals surface area contributed by atoms with Gasteiger partial charge in [0.05, 0.1) is 0 Å². The largest absolute Gasteiger partial charge is 0.138 e. The average Bonchev–Trinajstić information content (AvgIpc) is 2.66. The van der Waals surface area contributed by atoms with E-state index in [0.29, 0.717) is 0 Å². The molecule has 0 N–H and O–H groups in total. The van der Waals surface area contributed by atoms with Gasteiger partial charge in [0, 0.05) is 11.1 Å². The highest BCUT2D eigenvalue weighted by Crippen LogP contribution is 2.20. The van der Waals surface area contributed by atoms with Crippen LogP contribution in [0, 0.1) is 22.9 Å². The molecule has 0 amide bonds. The molecule has 0 nitrogen and oxygen atoms in total. The lowest BCUT2D eigenvalue weighted by atomic mass is 10.1. The topological polar surface area (TPSA) is 0 Å². The molecule has 0 aliphatic rings. The third-order valence-electron chi connectivity index (χ3n) is 5.89. The smallest absolute Gasteiger partial charge is 0.126 e. The maximum Gasteiger partial charge on any atom is 0.138 e. The molecule has 0 fully saturated rings. The van der Waals surface area contributed by atoms with Gasteiger partial charge >= 0.3 is 0 Å². The Morgan fingerprint density at radius 3 is 1.00 bits per heavy atom. The second kappa shape index (κ2) is 9.92. The maximum absolute atomic E-state index is 3.66. The van der Waals surface area contributed by atoms with E-state index in [1.54, 1.807) is 0 Å². The molecule has 1 aromatic carbocycles. The third-order valence-corrected chi connectivity index (χ3v) is 15.3. The van der Waals surface area contributed by atoms with E-state index >= 15 is 0 Å². The van der Waals surface area contributed by atoms with E-state index in [4.69, 9.17) is 0 Å². The first-order valence-corrected chi connectivity index (χ1v) is 14.9. The molecule has 0 heterocycles. The molecular formula is C22H34Si2. The minimum atomic E-state index is -1.35. The summed E-state index contributed by atoms with van der Waals surface area (Å²) in [7, 11) is -2.70. The summed E-state index contributed by atoms with van der Waals surface area (Å²) in [4.78, 5) is 0. The summed E-state index contributed by atoms with van der Waals surface area (Å²) in [6, 6.07) is 16.1. The Morgan fingerprint density at radius 1 is 0.542 bits per heavy atom. The van der Waals surface area contributed by atoms with Gasteiger partial charge in [-0.3, -0.25) is 0 Å². The van der Waals surface area contributed by atoms with Gasteiger partial charge in [-0.15, -0.1) is 11.1 Å². The molecule has 0 spiro atoms. The van der Waals surface area contributed by atoms with Gasteiger partial charge in [0.2, 0.25) is 0 Å². The van der Waals surface area contributed by atoms with Crippen LogP contribution in [0.15, 0.2) is 24.3 Å². The highest BCUT2D eigenvalue weighted by atomic mass is 28.3. The fraction of sp³-hybridized carbons (Fsp3) is 0.545. The summed E-state index contributed by atoms with van der Waals surface area (Å²) < 4.78 is 0. The van der Waals surface area contributed by atoms with E-state index in [-0.39, 0.29) is 0 Å². The molecule has 0 bridgehead atoms. The van der Waals surface area contributed by atoms with E-state index in [2.05, 4.69) is 88.7 Å². The second-order valence-corrected chi connectivity index (χ2v) is 16.6. The van der Waals surface area contributed by atoms with E-state index in [9.17, 15) is 0 Å². The molecule has 0 atom stereocenters. The van der Waals surface area contributed by atoms with Crippen LogP contribution < -0.4 is 0 Å². The third kappa shape index (κ3) is 5.40. The molecule has 0 saturated heterocycles. The van der Waals surface area contributed by atoms with Crippen LogP contribution in [-0.2, 0) is 0 Å². The monoisotopic (exact) mass is 354 g/mol. The summed E-state index contributed by atoms with van der Waals surface area (Å²) in [6.45, 7) is 13.8. The fourth-order valence-corrected chi connectivity index (χ4v) is 7.96. The van der Waals surface area contributed by atoms with Gasteiger partial charge < -0.3 is 0 Å². The Balaban J connectivity index is 2.96. The predicted molar refractivity (Wildman–Crippen MR) is 115 cm³/mol. The van der Waals surface area contributed by atoms with Crippen LogP contribution in [0.5, 0.6) is 0 Å². The van der Waals surface area contributed by atoms with E-state index in [1.807, 2.05) is 0 Å². The highest BCUT2D eigenvalue weighted by molar-refractivity contribution is 6.87. The second-order valence-electron chi connectivity index (χ2n) is 6.76. The van der Waals surface area contributed by atoms with Crippen LogP contribution in [0.2, 0.25) is 36.3 Å². The summed E-state index contributed by atoms with van der Waals surface area (Å²) in [5, 5.41) is 0. The van der Waals surface area contributed by atoms with Crippen LogP contribution in [0.1, 0.15) is 52.7 Å². The summed E-state index contributed by atoms with van der Waals surface area (Å²) >= 11 is 0. The lowest BCUT2D eigenvalue weighted by Crippen LogP contribution is -2.29. The zero-order valence-corrected chi connectivity index (χ0v) is 18.6. The van der Waals surface area contributed by atoms with Crippen LogP contribution >= 0.6 is 0 Å². The Labute approximate surface area is 152 Å². The quantitative estimate of drug-likeness (QED) is 0.405. The fourth-order valence-electron chi connectivity index (χ4n) is 3.08. The number of hydrogen-bond acceptors (Lipinski definition) is 0. The van der Waals surface area contributed by atoms with Crippen molar-refractivity contribution in [3.05, 3.63) is 35.4 Å². The van der Waals surface area contributed by atoms with Gasteiger partial charge in [0.25, 0.3) is 0 Å². The molecule has 24 heavy (non-hydrogen) atoms. The Hall–Kier alpha value is -1.23. The minimum absolute atomic E-state index is 1.14. The van der Waals surface area contributed by atoms with Crippen molar-refractivity contribution in [2.75, 3.05) is 0 Å². The maximum atomic E-state index is 3.66. The lowest BCUT2D eigenvalue weighted by Gasteiger charge is -2.20. The van der Waals surface area contributed by atoms with Crippen LogP contribution in [0.3, 0.4) is 0 Å². The standard InChI is InChI=1S/C22H34Si2/c1-7-23(8-2,9-3)19-17-21-13-15-22(16-14-21)18-20-24(10-4,11-5)12-6/h13-16H,7-12H2,1-6H3. The zero-order valence-electron chi connectivity index (χ0n) is 16.6. The van der Waals surface area contributed by atoms with E-state index < -0.39 is 16.1 Å². The minimum Gasteiger partial charge on any atom is -0.126 e. The molecule has 0 unspecified atom stereocenters. The molecule has 1 rings (SSSR count). The summed E-state index contributed by atoms with van der Waals surface area (Å²) in [5.74, 6) is 6.89. The van der Waals surface area contributed by atoms with Crippen molar-refractivity contribution >= 4 is 16.1 Å². The van der Waals surface area contributed by atoms with Crippen LogP contribution in [-0.4, -0.2) is 16.1 Å². The number of hydrogen-bond donors (Lipinski definition) is 0. The Bertz CT molecular complexity index is 538. The molecule has 2 heteroatoms. The molecule has 0 aliphatic heterocycles. The zero-order chi connectivity index (χ0) is 18.1. The number of benzene rings is 1. The Kier molecular flexibility index (Phi) is 8.61. The van der Waals surface area contributed by atoms with Crippen molar-refractivity contribution in [2.24, 2.45) is 0 Å². The first kappa shape index (κ1) is 20.8. The van der Waals surface area contributed by atoms with E-state index in [1.165, 1.54) is 36.3 Å². The Morgan fingerprint density at radius 2 is 0.792 bits per heavy atom. The molecule has 130 valence electrons.